The number of amides is 1. The Morgan fingerprint density at radius 3 is 2.51 bits per heavy atom. The predicted octanol–water partition coefficient (Wildman–Crippen LogP) is 1.89. The Balaban J connectivity index is 1.31. The van der Waals surface area contributed by atoms with E-state index < -0.39 is 42.1 Å². The highest BCUT2D eigenvalue weighted by Gasteiger charge is 2.39. The van der Waals surface area contributed by atoms with Gasteiger partial charge in [-0.25, -0.2) is 4.98 Å². The van der Waals surface area contributed by atoms with Crippen molar-refractivity contribution in [2.75, 3.05) is 18.5 Å². The van der Waals surface area contributed by atoms with E-state index in [1.807, 2.05) is 30.3 Å². The number of hydrogen-bond acceptors (Lipinski definition) is 8. The molecule has 1 aliphatic heterocycles. The molecule has 35 heavy (non-hydrogen) atoms. The van der Waals surface area contributed by atoms with Gasteiger partial charge < -0.3 is 25.6 Å². The van der Waals surface area contributed by atoms with Crippen LogP contribution in [-0.4, -0.2) is 68.6 Å². The summed E-state index contributed by atoms with van der Waals surface area (Å²) in [5.74, 6) is -0.667. The average Bonchev–Trinajstić information content (AvgIpc) is 2.86. The molecule has 0 spiro atoms. The second-order valence-electron chi connectivity index (χ2n) is 7.90. The molecule has 184 valence electrons. The number of alkyl halides is 3. The zero-order chi connectivity index (χ0) is 25.0. The van der Waals surface area contributed by atoms with Crippen LogP contribution < -0.4 is 10.6 Å². The van der Waals surface area contributed by atoms with Gasteiger partial charge in [-0.15, -0.1) is 0 Å². The lowest BCUT2D eigenvalue weighted by atomic mass is 9.98. The van der Waals surface area contributed by atoms with Gasteiger partial charge in [-0.2, -0.15) is 13.2 Å². The molecular weight excluding hydrogens is 467 g/mol. The lowest BCUT2D eigenvalue weighted by Gasteiger charge is -2.38. The molecule has 1 saturated heterocycles. The highest BCUT2D eigenvalue weighted by molar-refractivity contribution is 5.94. The van der Waals surface area contributed by atoms with E-state index in [9.17, 15) is 28.2 Å². The molecule has 12 heteroatoms. The first kappa shape index (κ1) is 24.5. The Kier molecular flexibility index (Phi) is 7.24. The van der Waals surface area contributed by atoms with Gasteiger partial charge in [0.25, 0.3) is 5.91 Å². The van der Waals surface area contributed by atoms with Crippen LogP contribution in [0.25, 0.3) is 11.3 Å². The van der Waals surface area contributed by atoms with Crippen molar-refractivity contribution in [3.8, 4) is 11.3 Å². The Morgan fingerprint density at radius 1 is 1.06 bits per heavy atom. The van der Waals surface area contributed by atoms with Crippen molar-refractivity contribution < 1.29 is 32.9 Å². The number of aliphatic hydroxyl groups excluding tert-OH is 2. The minimum atomic E-state index is -4.67. The van der Waals surface area contributed by atoms with Crippen LogP contribution in [-0.2, 0) is 10.9 Å². The normalized spacial score (nSPS) is 22.4. The molecule has 3 heterocycles. The van der Waals surface area contributed by atoms with Gasteiger partial charge in [0.15, 0.2) is 5.69 Å². The van der Waals surface area contributed by atoms with Crippen LogP contribution in [0.4, 0.5) is 19.0 Å². The summed E-state index contributed by atoms with van der Waals surface area (Å²) in [6.45, 7) is -0.252. The maximum absolute atomic E-state index is 12.8. The Labute approximate surface area is 198 Å². The van der Waals surface area contributed by atoms with Crippen LogP contribution in [0.2, 0.25) is 0 Å². The van der Waals surface area contributed by atoms with Crippen LogP contribution in [0.5, 0.6) is 0 Å². The minimum Gasteiger partial charge on any atom is -0.388 e. The van der Waals surface area contributed by atoms with Crippen molar-refractivity contribution in [1.82, 2.24) is 20.3 Å². The maximum Gasteiger partial charge on any atom is 0.434 e. The number of halogens is 3. The van der Waals surface area contributed by atoms with Crippen LogP contribution in [0.3, 0.4) is 0 Å². The lowest BCUT2D eigenvalue weighted by molar-refractivity contribution is -0.141. The first-order valence-corrected chi connectivity index (χ1v) is 10.7. The second-order valence-corrected chi connectivity index (χ2v) is 7.90. The topological polar surface area (TPSA) is 129 Å². The molecule has 1 fully saturated rings. The van der Waals surface area contributed by atoms with E-state index in [1.165, 1.54) is 6.20 Å². The van der Waals surface area contributed by atoms with Gasteiger partial charge >= 0.3 is 6.18 Å². The monoisotopic (exact) mass is 489 g/mol. The summed E-state index contributed by atoms with van der Waals surface area (Å²) in [4.78, 5) is 23.7. The molecule has 3 aromatic rings. The SMILES string of the molecule is O=C(NC[C@H]1OC[C@H](Nc2cncc(C(F)(F)F)n2)[C@@H](O)[C@H]1O)c1ccc(-c2ccccc2)nc1. The second kappa shape index (κ2) is 10.3. The molecule has 0 radical (unpaired) electrons. The van der Waals surface area contributed by atoms with Crippen LogP contribution in [0.15, 0.2) is 61.1 Å². The van der Waals surface area contributed by atoms with Crippen LogP contribution in [0.1, 0.15) is 16.1 Å². The molecule has 0 bridgehead atoms. The van der Waals surface area contributed by atoms with E-state index in [0.717, 1.165) is 11.8 Å². The highest BCUT2D eigenvalue weighted by atomic mass is 19.4. The molecule has 4 rings (SSSR count). The minimum absolute atomic E-state index is 0.104. The highest BCUT2D eigenvalue weighted by Crippen LogP contribution is 2.28. The van der Waals surface area contributed by atoms with E-state index in [0.29, 0.717) is 17.5 Å². The number of carbonyl (C=O) groups excluding carboxylic acids is 1. The summed E-state index contributed by atoms with van der Waals surface area (Å²) < 4.78 is 44.0. The number of aromatic nitrogens is 3. The largest absolute Gasteiger partial charge is 0.434 e. The number of benzene rings is 1. The fourth-order valence-electron chi connectivity index (χ4n) is 3.55. The molecule has 1 amide bonds. The number of carbonyl (C=O) groups is 1. The number of aliphatic hydroxyl groups is 2. The fourth-order valence-corrected chi connectivity index (χ4v) is 3.55. The summed E-state index contributed by atoms with van der Waals surface area (Å²) in [5, 5.41) is 26.1. The number of hydrogen-bond donors (Lipinski definition) is 4. The summed E-state index contributed by atoms with van der Waals surface area (Å²) in [5.41, 5.74) is 0.728. The fraction of sp³-hybridized carbons (Fsp3) is 0.304. The van der Waals surface area contributed by atoms with Crippen molar-refractivity contribution in [2.45, 2.75) is 30.5 Å². The molecule has 9 nitrogen and oxygen atoms in total. The lowest BCUT2D eigenvalue weighted by Crippen LogP contribution is -2.58. The maximum atomic E-state index is 12.8. The quantitative estimate of drug-likeness (QED) is 0.413. The van der Waals surface area contributed by atoms with E-state index in [-0.39, 0.29) is 19.0 Å². The Bertz CT molecular complexity index is 1150. The molecule has 0 saturated carbocycles. The van der Waals surface area contributed by atoms with Crippen molar-refractivity contribution in [3.63, 3.8) is 0 Å². The van der Waals surface area contributed by atoms with Gasteiger partial charge in [0.2, 0.25) is 0 Å². The molecule has 4 N–H and O–H groups in total. The third kappa shape index (κ3) is 5.91. The first-order valence-electron chi connectivity index (χ1n) is 10.7. The number of nitrogens with zero attached hydrogens (tertiary/aromatic N) is 3. The smallest absolute Gasteiger partial charge is 0.388 e. The third-order valence-electron chi connectivity index (χ3n) is 5.45. The molecule has 0 aliphatic carbocycles. The van der Waals surface area contributed by atoms with Gasteiger partial charge in [-0.05, 0) is 12.1 Å². The summed E-state index contributed by atoms with van der Waals surface area (Å²) >= 11 is 0. The van der Waals surface area contributed by atoms with E-state index in [1.54, 1.807) is 12.1 Å². The number of anilines is 1. The molecule has 1 aliphatic rings. The van der Waals surface area contributed by atoms with Crippen LogP contribution in [0, 0.1) is 0 Å². The molecule has 2 aromatic heterocycles. The van der Waals surface area contributed by atoms with Crippen molar-refractivity contribution >= 4 is 11.7 Å². The van der Waals surface area contributed by atoms with Crippen molar-refractivity contribution in [1.29, 1.82) is 0 Å². The van der Waals surface area contributed by atoms with Gasteiger partial charge in [0.05, 0.1) is 36.3 Å². The zero-order valence-corrected chi connectivity index (χ0v) is 18.2. The molecule has 1 aromatic carbocycles. The van der Waals surface area contributed by atoms with Gasteiger partial charge in [-0.3, -0.25) is 14.8 Å². The van der Waals surface area contributed by atoms with E-state index in [4.69, 9.17) is 4.74 Å². The molecular formula is C23H22F3N5O4. The van der Waals surface area contributed by atoms with Crippen molar-refractivity contribution in [3.05, 3.63) is 72.3 Å². The first-order chi connectivity index (χ1) is 16.7. The zero-order valence-electron chi connectivity index (χ0n) is 18.2. The number of pyridine rings is 1. The Morgan fingerprint density at radius 2 is 1.83 bits per heavy atom. The van der Waals surface area contributed by atoms with Gasteiger partial charge in [0, 0.05) is 18.3 Å². The predicted molar refractivity (Wildman–Crippen MR) is 118 cm³/mol. The molecule has 4 atom stereocenters. The van der Waals surface area contributed by atoms with Crippen molar-refractivity contribution in [2.24, 2.45) is 0 Å². The number of nitrogens with one attached hydrogen (secondary N) is 2. The summed E-state index contributed by atoms with van der Waals surface area (Å²) in [7, 11) is 0. The number of ether oxygens (including phenoxy) is 1. The summed E-state index contributed by atoms with van der Waals surface area (Å²) in [6.07, 6.45) is -5.34. The van der Waals surface area contributed by atoms with E-state index >= 15 is 0 Å². The Hall–Kier alpha value is -3.61. The molecule has 0 unspecified atom stereocenters. The van der Waals surface area contributed by atoms with Crippen LogP contribution >= 0.6 is 0 Å². The van der Waals surface area contributed by atoms with Gasteiger partial charge in [0.1, 0.15) is 24.1 Å². The standard InChI is InChI=1S/C23H22F3N5O4/c24-23(25,26)18-10-27-11-19(31-18)30-16-12-35-17(21(33)20(16)32)9-29-22(34)14-6-7-15(28-8-14)13-4-2-1-3-5-13/h1-8,10-11,16-17,20-21,32-33H,9,12H2,(H,29,34)(H,30,31)/t16-,17+,20+,21-/m0/s1. The van der Waals surface area contributed by atoms with E-state index in [2.05, 4.69) is 25.6 Å². The third-order valence-corrected chi connectivity index (χ3v) is 5.45. The summed E-state index contributed by atoms with van der Waals surface area (Å²) in [6, 6.07) is 11.9. The number of rotatable bonds is 6. The van der Waals surface area contributed by atoms with Gasteiger partial charge in [-0.1, -0.05) is 30.3 Å². The average molecular weight is 489 g/mol.